The normalized spacial score (nSPS) is 22.9. The highest BCUT2D eigenvalue weighted by Gasteiger charge is 2.70. The van der Waals surface area contributed by atoms with Crippen molar-refractivity contribution < 1.29 is 73.3 Å². The Hall–Kier alpha value is -0.340. The van der Waals surface area contributed by atoms with Gasteiger partial charge in [0, 0.05) is 0 Å². The Morgan fingerprint density at radius 1 is 0.633 bits per heavy atom. The van der Waals surface area contributed by atoms with Crippen molar-refractivity contribution in [1.82, 2.24) is 0 Å². The van der Waals surface area contributed by atoms with Crippen molar-refractivity contribution in [3.63, 3.8) is 0 Å². The van der Waals surface area contributed by atoms with Gasteiger partial charge < -0.3 is 29.0 Å². The molecule has 0 aromatic heterocycles. The molecule has 18 heteroatoms. The van der Waals surface area contributed by atoms with Crippen LogP contribution in [0.25, 0.3) is 0 Å². The summed E-state index contributed by atoms with van der Waals surface area (Å²) >= 11 is 0. The van der Waals surface area contributed by atoms with Crippen molar-refractivity contribution in [1.29, 1.82) is 0 Å². The van der Waals surface area contributed by atoms with E-state index < -0.39 is 63.8 Å². The van der Waals surface area contributed by atoms with Gasteiger partial charge in [-0.25, -0.2) is 0 Å². The van der Waals surface area contributed by atoms with Gasteiger partial charge in [0.2, 0.25) is 0 Å². The van der Waals surface area contributed by atoms with E-state index in [2.05, 4.69) is 9.47 Å². The molecule has 0 amide bonds. The van der Waals surface area contributed by atoms with E-state index in [-0.39, 0.29) is 25.7 Å². The molecule has 1 fully saturated rings. The molecule has 0 saturated heterocycles. The molecule has 0 bridgehead atoms. The Labute approximate surface area is 163 Å². The Morgan fingerprint density at radius 2 is 0.867 bits per heavy atom. The number of halogens is 8. The second-order valence-electron chi connectivity index (χ2n) is 6.71. The first kappa shape index (κ1) is 27.7. The molecular formula is C12H18F8O8P2. The summed E-state index contributed by atoms with van der Waals surface area (Å²) < 4.78 is 134. The van der Waals surface area contributed by atoms with Crippen LogP contribution in [0.4, 0.5) is 35.1 Å². The maximum absolute atomic E-state index is 13.3. The molecule has 0 aliphatic heterocycles. The second-order valence-corrected chi connectivity index (χ2v) is 10.0. The van der Waals surface area contributed by atoms with Crippen molar-refractivity contribution >= 4 is 15.2 Å². The van der Waals surface area contributed by atoms with Crippen LogP contribution in [0, 0.1) is 11.8 Å². The Kier molecular flexibility index (Phi) is 8.21. The molecule has 1 rings (SSSR count). The lowest BCUT2D eigenvalue weighted by molar-refractivity contribution is -0.328. The maximum Gasteiger partial charge on any atom is 0.434 e. The van der Waals surface area contributed by atoms with Gasteiger partial charge in [-0.2, -0.15) is 35.1 Å². The molecule has 180 valence electrons. The third kappa shape index (κ3) is 5.91. The predicted octanol–water partition coefficient (Wildman–Crippen LogP) is 3.55. The van der Waals surface area contributed by atoms with Gasteiger partial charge in [-0.05, 0) is 37.5 Å². The maximum atomic E-state index is 13.3. The van der Waals surface area contributed by atoms with E-state index in [9.17, 15) is 44.3 Å². The van der Waals surface area contributed by atoms with Crippen molar-refractivity contribution in [2.24, 2.45) is 11.8 Å². The van der Waals surface area contributed by atoms with Crippen molar-refractivity contribution in [3.8, 4) is 0 Å². The summed E-state index contributed by atoms with van der Waals surface area (Å²) in [6, 6.07) is 0. The third-order valence-corrected chi connectivity index (χ3v) is 6.38. The number of hydrogen-bond acceptors (Lipinski definition) is 4. The molecule has 1 saturated carbocycles. The number of alkyl halides is 8. The molecule has 0 spiro atoms. The molecule has 1 aliphatic rings. The number of rotatable bonds is 10. The zero-order valence-electron chi connectivity index (χ0n) is 14.7. The summed E-state index contributed by atoms with van der Waals surface area (Å²) in [5.41, 5.74) is -11.6. The van der Waals surface area contributed by atoms with E-state index in [0.29, 0.717) is 0 Å². The fourth-order valence-electron chi connectivity index (χ4n) is 2.52. The third-order valence-electron chi connectivity index (χ3n) is 4.40. The first-order valence-corrected chi connectivity index (χ1v) is 11.3. The van der Waals surface area contributed by atoms with E-state index >= 15 is 0 Å². The molecule has 8 nitrogen and oxygen atoms in total. The topological polar surface area (TPSA) is 134 Å². The summed E-state index contributed by atoms with van der Waals surface area (Å²) in [5, 5.41) is 0. The summed E-state index contributed by atoms with van der Waals surface area (Å²) in [6.07, 6.45) is -11.3. The molecule has 0 aromatic carbocycles. The van der Waals surface area contributed by atoms with Gasteiger partial charge in [0.05, 0.1) is 13.2 Å². The molecule has 30 heavy (non-hydrogen) atoms. The predicted molar refractivity (Wildman–Crippen MR) is 81.2 cm³/mol. The second kappa shape index (κ2) is 8.89. The lowest BCUT2D eigenvalue weighted by atomic mass is 9.83. The Morgan fingerprint density at radius 3 is 1.07 bits per heavy atom. The highest BCUT2D eigenvalue weighted by molar-refractivity contribution is 7.53. The zero-order valence-corrected chi connectivity index (χ0v) is 16.5. The zero-order chi connectivity index (χ0) is 23.8. The van der Waals surface area contributed by atoms with Gasteiger partial charge in [0.25, 0.3) is 0 Å². The monoisotopic (exact) mass is 504 g/mol. The fourth-order valence-corrected chi connectivity index (χ4v) is 3.33. The minimum Gasteiger partial charge on any atom is -0.320 e. The molecule has 4 N–H and O–H groups in total. The van der Waals surface area contributed by atoms with Crippen LogP contribution in [0.2, 0.25) is 0 Å². The molecular weight excluding hydrogens is 486 g/mol. The highest BCUT2D eigenvalue weighted by Crippen LogP contribution is 2.61. The molecule has 0 heterocycles. The van der Waals surface area contributed by atoms with E-state index in [1.165, 1.54) is 0 Å². The minimum atomic E-state index is -6.53. The lowest BCUT2D eigenvalue weighted by Crippen LogP contribution is -2.44. The molecule has 0 aromatic rings. The summed E-state index contributed by atoms with van der Waals surface area (Å²) in [4.78, 5) is 33.2. The largest absolute Gasteiger partial charge is 0.434 e. The van der Waals surface area contributed by atoms with Gasteiger partial charge in [-0.1, -0.05) is 0 Å². The van der Waals surface area contributed by atoms with Crippen LogP contribution in [0.15, 0.2) is 0 Å². The highest BCUT2D eigenvalue weighted by atomic mass is 31.2. The van der Waals surface area contributed by atoms with Gasteiger partial charge in [-0.3, -0.25) is 9.13 Å². The van der Waals surface area contributed by atoms with Crippen LogP contribution >= 0.6 is 15.2 Å². The average molecular weight is 504 g/mol. The molecule has 0 atom stereocenters. The first-order chi connectivity index (χ1) is 13.2. The van der Waals surface area contributed by atoms with Crippen LogP contribution in [-0.4, -0.2) is 56.3 Å². The SMILES string of the molecule is O=P(O)(O)C(F)(F)C(F)(F)OCC1CCC(COC(F)(F)C(F)(F)P(=O)(O)O)CC1. The number of hydrogen-bond donors (Lipinski definition) is 4. The fraction of sp³-hybridized carbons (Fsp3) is 1.00. The van der Waals surface area contributed by atoms with E-state index in [0.717, 1.165) is 0 Å². The van der Waals surface area contributed by atoms with Gasteiger partial charge in [0.1, 0.15) is 0 Å². The van der Waals surface area contributed by atoms with E-state index in [1.807, 2.05) is 0 Å². The number of ether oxygens (including phenoxy) is 2. The molecule has 1 aliphatic carbocycles. The van der Waals surface area contributed by atoms with Gasteiger partial charge >= 0.3 is 38.7 Å². The van der Waals surface area contributed by atoms with E-state index in [4.69, 9.17) is 19.6 Å². The van der Waals surface area contributed by atoms with Crippen LogP contribution < -0.4 is 0 Å². The Bertz CT molecular complexity index is 628. The lowest BCUT2D eigenvalue weighted by Gasteiger charge is -2.32. The van der Waals surface area contributed by atoms with Gasteiger partial charge in [-0.15, -0.1) is 0 Å². The van der Waals surface area contributed by atoms with Gasteiger partial charge in [0.15, 0.2) is 0 Å². The van der Waals surface area contributed by atoms with Crippen LogP contribution in [0.5, 0.6) is 0 Å². The summed E-state index contributed by atoms with van der Waals surface area (Å²) in [5.74, 6) is -1.67. The summed E-state index contributed by atoms with van der Waals surface area (Å²) in [7, 11) is -13.1. The van der Waals surface area contributed by atoms with E-state index in [1.54, 1.807) is 0 Å². The average Bonchev–Trinajstić information content (AvgIpc) is 2.57. The summed E-state index contributed by atoms with van der Waals surface area (Å²) in [6.45, 7) is -2.11. The first-order valence-electron chi connectivity index (χ1n) is 8.06. The smallest absolute Gasteiger partial charge is 0.320 e. The van der Waals surface area contributed by atoms with Crippen LogP contribution in [-0.2, 0) is 18.6 Å². The van der Waals surface area contributed by atoms with Crippen molar-refractivity contribution in [2.45, 2.75) is 49.2 Å². The quantitative estimate of drug-likeness (QED) is 0.262. The van der Waals surface area contributed by atoms with Crippen LogP contribution in [0.1, 0.15) is 25.7 Å². The Balaban J connectivity index is 2.55. The van der Waals surface area contributed by atoms with Crippen molar-refractivity contribution in [3.05, 3.63) is 0 Å². The standard InChI is InChI=1S/C12H18F8O8P2/c13-9(14,11(17,18)29(21,22)23)27-5-7-1-2-8(4-3-7)6-28-10(15,16)12(19,20)30(24,25)26/h7-8H,1-6H2,(H2,21,22,23)(H2,24,25,26). The minimum absolute atomic E-state index is 0.0912. The van der Waals surface area contributed by atoms with Crippen LogP contribution in [0.3, 0.4) is 0 Å². The molecule has 0 unspecified atom stereocenters. The van der Waals surface area contributed by atoms with Crippen molar-refractivity contribution in [2.75, 3.05) is 13.2 Å². The molecule has 0 radical (unpaired) electrons.